The van der Waals surface area contributed by atoms with Gasteiger partial charge in [0.2, 0.25) is 0 Å². The summed E-state index contributed by atoms with van der Waals surface area (Å²) in [4.78, 5) is 9.23. The monoisotopic (exact) mass is 368 g/mol. The first-order chi connectivity index (χ1) is 13.3. The fourth-order valence-electron chi connectivity index (χ4n) is 3.47. The third-order valence-corrected chi connectivity index (χ3v) is 5.82. The van der Waals surface area contributed by atoms with Crippen LogP contribution in [0.3, 0.4) is 0 Å². The lowest BCUT2D eigenvalue weighted by Gasteiger charge is -2.11. The summed E-state index contributed by atoms with van der Waals surface area (Å²) in [6, 6.07) is 24.3. The number of nitrogens with zero attached hydrogens (tertiary/aromatic N) is 2. The molecule has 0 radical (unpaired) electrons. The Morgan fingerprint density at radius 1 is 0.741 bits per heavy atom. The highest BCUT2D eigenvalue weighted by Gasteiger charge is 2.11. The van der Waals surface area contributed by atoms with Crippen molar-refractivity contribution in [3.05, 3.63) is 84.6 Å². The van der Waals surface area contributed by atoms with Crippen LogP contribution in [0.15, 0.2) is 84.0 Å². The molecule has 0 atom stereocenters. The molecule has 2 aromatic heterocycles. The average molecular weight is 368 g/mol. The molecule has 5 rings (SSSR count). The van der Waals surface area contributed by atoms with E-state index in [1.165, 1.54) is 16.2 Å². The van der Waals surface area contributed by atoms with Crippen LogP contribution in [0.4, 0.5) is 0 Å². The number of aromatic hydroxyl groups is 1. The molecule has 1 N–H and O–H groups in total. The molecule has 0 aliphatic heterocycles. The number of phenols is 1. The molecule has 0 amide bonds. The standard InChI is InChI=1S/C23H16N2OS/c26-21-12-11-15(16-9-5-13-24-22(16)21)14-27-23-19-8-2-1-6-17(19)18-7-3-4-10-20(18)25-23/h1-13,26H,14H2. The fourth-order valence-corrected chi connectivity index (χ4v) is 4.51. The van der Waals surface area contributed by atoms with E-state index in [9.17, 15) is 5.11 Å². The van der Waals surface area contributed by atoms with Crippen molar-refractivity contribution in [2.45, 2.75) is 10.8 Å². The van der Waals surface area contributed by atoms with Crippen molar-refractivity contribution in [3.63, 3.8) is 0 Å². The van der Waals surface area contributed by atoms with Crippen LogP contribution >= 0.6 is 11.8 Å². The van der Waals surface area contributed by atoms with Crippen LogP contribution in [0.1, 0.15) is 5.56 Å². The van der Waals surface area contributed by atoms with Gasteiger partial charge in [-0.2, -0.15) is 0 Å². The van der Waals surface area contributed by atoms with E-state index in [4.69, 9.17) is 4.98 Å². The second-order valence-corrected chi connectivity index (χ2v) is 7.38. The van der Waals surface area contributed by atoms with Gasteiger partial charge in [-0.05, 0) is 29.1 Å². The summed E-state index contributed by atoms with van der Waals surface area (Å²) in [5, 5.41) is 15.6. The molecular weight excluding hydrogens is 352 g/mol. The topological polar surface area (TPSA) is 46.0 Å². The smallest absolute Gasteiger partial charge is 0.141 e. The van der Waals surface area contributed by atoms with E-state index in [-0.39, 0.29) is 5.75 Å². The van der Waals surface area contributed by atoms with E-state index in [1.54, 1.807) is 24.0 Å². The number of para-hydroxylation sites is 1. The van der Waals surface area contributed by atoms with Gasteiger partial charge >= 0.3 is 0 Å². The molecule has 0 aliphatic rings. The molecule has 0 unspecified atom stereocenters. The molecule has 0 saturated heterocycles. The van der Waals surface area contributed by atoms with Crippen LogP contribution in [0.2, 0.25) is 0 Å². The molecule has 0 saturated carbocycles. The quantitative estimate of drug-likeness (QED) is 0.316. The summed E-state index contributed by atoms with van der Waals surface area (Å²) in [7, 11) is 0. The van der Waals surface area contributed by atoms with Gasteiger partial charge in [-0.15, -0.1) is 11.8 Å². The molecule has 27 heavy (non-hydrogen) atoms. The van der Waals surface area contributed by atoms with Crippen LogP contribution in [0.25, 0.3) is 32.6 Å². The molecule has 5 aromatic rings. The number of thioether (sulfide) groups is 1. The van der Waals surface area contributed by atoms with E-state index < -0.39 is 0 Å². The average Bonchev–Trinajstić information content (AvgIpc) is 2.73. The van der Waals surface area contributed by atoms with Crippen molar-refractivity contribution < 1.29 is 5.11 Å². The molecule has 0 aliphatic carbocycles. The molecule has 0 fully saturated rings. The Hall–Kier alpha value is -3.11. The Balaban J connectivity index is 1.60. The Bertz CT molecular complexity index is 1300. The molecular formula is C23H16N2OS. The predicted octanol–water partition coefficient (Wildman–Crippen LogP) is 5.93. The zero-order chi connectivity index (χ0) is 18.2. The number of hydrogen-bond acceptors (Lipinski definition) is 4. The van der Waals surface area contributed by atoms with Crippen LogP contribution in [0.5, 0.6) is 5.75 Å². The SMILES string of the molecule is Oc1ccc(CSc2nc3ccccc3c3ccccc23)c2cccnc12. The molecule has 2 heterocycles. The first kappa shape index (κ1) is 16.1. The lowest BCUT2D eigenvalue weighted by Crippen LogP contribution is -1.90. The lowest BCUT2D eigenvalue weighted by atomic mass is 10.1. The Morgan fingerprint density at radius 3 is 2.37 bits per heavy atom. The van der Waals surface area contributed by atoms with Gasteiger partial charge in [0.25, 0.3) is 0 Å². The Morgan fingerprint density at radius 2 is 1.48 bits per heavy atom. The van der Waals surface area contributed by atoms with Crippen LogP contribution < -0.4 is 0 Å². The summed E-state index contributed by atoms with van der Waals surface area (Å²) < 4.78 is 0. The maximum atomic E-state index is 10.1. The maximum Gasteiger partial charge on any atom is 0.141 e. The highest BCUT2D eigenvalue weighted by atomic mass is 32.2. The number of rotatable bonds is 3. The van der Waals surface area contributed by atoms with E-state index >= 15 is 0 Å². The Kier molecular flexibility index (Phi) is 3.91. The van der Waals surface area contributed by atoms with Gasteiger partial charge in [-0.25, -0.2) is 4.98 Å². The summed E-state index contributed by atoms with van der Waals surface area (Å²) in [6.07, 6.45) is 1.71. The summed E-state index contributed by atoms with van der Waals surface area (Å²) in [6.45, 7) is 0. The molecule has 0 spiro atoms. The van der Waals surface area contributed by atoms with Gasteiger partial charge < -0.3 is 5.11 Å². The van der Waals surface area contributed by atoms with Crippen molar-refractivity contribution in [3.8, 4) is 5.75 Å². The van der Waals surface area contributed by atoms with Crippen LogP contribution in [-0.2, 0) is 5.75 Å². The van der Waals surface area contributed by atoms with E-state index in [2.05, 4.69) is 47.4 Å². The highest BCUT2D eigenvalue weighted by Crippen LogP contribution is 2.35. The minimum absolute atomic E-state index is 0.216. The van der Waals surface area contributed by atoms with E-state index in [1.807, 2.05) is 24.3 Å². The number of benzene rings is 3. The van der Waals surface area contributed by atoms with E-state index in [0.29, 0.717) is 5.52 Å². The zero-order valence-electron chi connectivity index (χ0n) is 14.5. The molecule has 130 valence electrons. The van der Waals surface area contributed by atoms with Gasteiger partial charge in [-0.3, -0.25) is 4.98 Å². The normalized spacial score (nSPS) is 11.4. The maximum absolute atomic E-state index is 10.1. The van der Waals surface area contributed by atoms with Gasteiger partial charge in [-0.1, -0.05) is 54.6 Å². The number of hydrogen-bond donors (Lipinski definition) is 1. The van der Waals surface area contributed by atoms with Crippen molar-refractivity contribution in [2.24, 2.45) is 0 Å². The lowest BCUT2D eigenvalue weighted by molar-refractivity contribution is 0.480. The van der Waals surface area contributed by atoms with Gasteiger partial charge in [0.1, 0.15) is 16.3 Å². The molecule has 3 aromatic carbocycles. The molecule has 0 bridgehead atoms. The summed E-state index contributed by atoms with van der Waals surface area (Å²) >= 11 is 1.72. The van der Waals surface area contributed by atoms with Gasteiger partial charge in [0.15, 0.2) is 0 Å². The number of pyridine rings is 2. The number of aromatic nitrogens is 2. The third kappa shape index (κ3) is 2.78. The molecule has 3 nitrogen and oxygen atoms in total. The van der Waals surface area contributed by atoms with E-state index in [0.717, 1.165) is 27.2 Å². The highest BCUT2D eigenvalue weighted by molar-refractivity contribution is 7.98. The second-order valence-electron chi connectivity index (χ2n) is 6.41. The third-order valence-electron chi connectivity index (χ3n) is 4.78. The van der Waals surface area contributed by atoms with Crippen LogP contribution in [0, 0.1) is 0 Å². The van der Waals surface area contributed by atoms with Crippen LogP contribution in [-0.4, -0.2) is 15.1 Å². The van der Waals surface area contributed by atoms with Gasteiger partial charge in [0.05, 0.1) is 5.52 Å². The molecule has 4 heteroatoms. The number of fused-ring (bicyclic) bond motifs is 4. The van der Waals surface area contributed by atoms with Crippen molar-refractivity contribution in [2.75, 3.05) is 0 Å². The van der Waals surface area contributed by atoms with Gasteiger partial charge in [0, 0.05) is 28.1 Å². The van der Waals surface area contributed by atoms with Crippen molar-refractivity contribution >= 4 is 44.3 Å². The minimum atomic E-state index is 0.216. The van der Waals surface area contributed by atoms with Crippen molar-refractivity contribution in [1.82, 2.24) is 9.97 Å². The fraction of sp³-hybridized carbons (Fsp3) is 0.0435. The summed E-state index contributed by atoms with van der Waals surface area (Å²) in [5.41, 5.74) is 2.79. The first-order valence-electron chi connectivity index (χ1n) is 8.77. The largest absolute Gasteiger partial charge is 0.506 e. The summed E-state index contributed by atoms with van der Waals surface area (Å²) in [5.74, 6) is 0.978. The number of phenolic OH excluding ortho intramolecular Hbond substituents is 1. The zero-order valence-corrected chi connectivity index (χ0v) is 15.3. The second kappa shape index (κ2) is 6.56. The minimum Gasteiger partial charge on any atom is -0.506 e. The van der Waals surface area contributed by atoms with Crippen molar-refractivity contribution in [1.29, 1.82) is 0 Å². The predicted molar refractivity (Wildman–Crippen MR) is 112 cm³/mol. The Labute approximate surface area is 160 Å². The first-order valence-corrected chi connectivity index (χ1v) is 9.76.